The van der Waals surface area contributed by atoms with E-state index in [-0.39, 0.29) is 17.3 Å². The number of nitrogens with zero attached hydrogens (tertiary/aromatic N) is 3. The van der Waals surface area contributed by atoms with E-state index in [2.05, 4.69) is 0 Å². The van der Waals surface area contributed by atoms with Crippen molar-refractivity contribution in [2.75, 3.05) is 40.3 Å². The van der Waals surface area contributed by atoms with Crippen molar-refractivity contribution < 1.29 is 14.5 Å². The number of hydrogen-bond donors (Lipinski definition) is 0. The van der Waals surface area contributed by atoms with Crippen LogP contribution >= 0.6 is 0 Å². The summed E-state index contributed by atoms with van der Waals surface area (Å²) in [7, 11) is 3.95. The second-order valence-electron chi connectivity index (χ2n) is 7.43. The van der Waals surface area contributed by atoms with Gasteiger partial charge in [0, 0.05) is 31.3 Å². The molecule has 0 unspecified atom stereocenters. The van der Waals surface area contributed by atoms with Gasteiger partial charge in [-0.05, 0) is 51.9 Å². The van der Waals surface area contributed by atoms with E-state index in [0.29, 0.717) is 31.2 Å². The minimum Gasteiger partial charge on any atom is -0.487 e. The molecule has 0 heterocycles. The molecule has 1 aromatic carbocycles. The molecular formula is C20H31N3O4. The Kier molecular flexibility index (Phi) is 8.03. The van der Waals surface area contributed by atoms with Crippen LogP contribution in [0, 0.1) is 16.0 Å². The first-order chi connectivity index (χ1) is 12.9. The third-order valence-corrected chi connectivity index (χ3v) is 5.01. The number of rotatable bonds is 9. The summed E-state index contributed by atoms with van der Waals surface area (Å²) in [5.41, 5.74) is 0.188. The zero-order chi connectivity index (χ0) is 19.8. The number of carbonyl (C=O) groups excluding carboxylic acids is 1. The van der Waals surface area contributed by atoms with E-state index in [1.54, 1.807) is 13.0 Å². The molecule has 1 amide bonds. The van der Waals surface area contributed by atoms with Crippen molar-refractivity contribution in [3.05, 3.63) is 33.9 Å². The maximum atomic E-state index is 13.1. The summed E-state index contributed by atoms with van der Waals surface area (Å²) in [6.45, 7) is 4.20. The molecular weight excluding hydrogens is 346 g/mol. The van der Waals surface area contributed by atoms with Gasteiger partial charge < -0.3 is 14.5 Å². The van der Waals surface area contributed by atoms with Crippen LogP contribution in [0.4, 0.5) is 5.69 Å². The van der Waals surface area contributed by atoms with Crippen LogP contribution in [-0.2, 0) is 0 Å². The van der Waals surface area contributed by atoms with E-state index in [1.807, 2.05) is 23.9 Å². The van der Waals surface area contributed by atoms with E-state index < -0.39 is 4.92 Å². The number of nitro benzene ring substituents is 1. The normalized spacial score (nSPS) is 15.0. The Balaban J connectivity index is 2.21. The lowest BCUT2D eigenvalue weighted by atomic mass is 9.89. The maximum absolute atomic E-state index is 13.1. The second kappa shape index (κ2) is 10.3. The van der Waals surface area contributed by atoms with Gasteiger partial charge in [0.25, 0.3) is 5.91 Å². The highest BCUT2D eigenvalue weighted by atomic mass is 16.6. The van der Waals surface area contributed by atoms with Crippen LogP contribution in [0.25, 0.3) is 0 Å². The summed E-state index contributed by atoms with van der Waals surface area (Å²) in [4.78, 5) is 27.9. The van der Waals surface area contributed by atoms with Gasteiger partial charge in [-0.25, -0.2) is 0 Å². The first-order valence-electron chi connectivity index (χ1n) is 9.77. The molecule has 1 aliphatic rings. The molecule has 0 bridgehead atoms. The van der Waals surface area contributed by atoms with Crippen LogP contribution in [0.1, 0.15) is 49.4 Å². The van der Waals surface area contributed by atoms with E-state index in [4.69, 9.17) is 4.74 Å². The number of amides is 1. The van der Waals surface area contributed by atoms with Crippen molar-refractivity contribution >= 4 is 11.6 Å². The van der Waals surface area contributed by atoms with Crippen molar-refractivity contribution in [2.24, 2.45) is 5.92 Å². The summed E-state index contributed by atoms with van der Waals surface area (Å²) < 4.78 is 5.32. The summed E-state index contributed by atoms with van der Waals surface area (Å²) in [6, 6.07) is 4.50. The van der Waals surface area contributed by atoms with Crippen LogP contribution < -0.4 is 4.74 Å². The minimum atomic E-state index is -0.493. The Morgan fingerprint density at radius 3 is 2.52 bits per heavy atom. The fraction of sp³-hybridized carbons (Fsp3) is 0.650. The molecule has 7 nitrogen and oxygen atoms in total. The van der Waals surface area contributed by atoms with Gasteiger partial charge in [-0.2, -0.15) is 0 Å². The number of benzene rings is 1. The molecule has 7 heteroatoms. The van der Waals surface area contributed by atoms with Crippen molar-refractivity contribution in [1.82, 2.24) is 9.80 Å². The number of hydrogen-bond acceptors (Lipinski definition) is 5. The Labute approximate surface area is 161 Å². The van der Waals surface area contributed by atoms with E-state index in [9.17, 15) is 14.9 Å². The summed E-state index contributed by atoms with van der Waals surface area (Å²) in [5.74, 6) is 0.572. The molecule has 0 atom stereocenters. The average Bonchev–Trinajstić information content (AvgIpc) is 2.65. The largest absolute Gasteiger partial charge is 0.487 e. The topological polar surface area (TPSA) is 75.9 Å². The lowest BCUT2D eigenvalue weighted by molar-refractivity contribution is -0.385. The molecule has 27 heavy (non-hydrogen) atoms. The van der Waals surface area contributed by atoms with E-state index >= 15 is 0 Å². The van der Waals surface area contributed by atoms with Gasteiger partial charge >= 0.3 is 5.69 Å². The number of carbonyl (C=O) groups is 1. The first-order valence-corrected chi connectivity index (χ1v) is 9.77. The molecule has 0 aliphatic heterocycles. The first kappa shape index (κ1) is 21.2. The van der Waals surface area contributed by atoms with Gasteiger partial charge in [0.05, 0.1) is 11.5 Å². The van der Waals surface area contributed by atoms with Gasteiger partial charge in [0.2, 0.25) is 0 Å². The lowest BCUT2D eigenvalue weighted by Crippen LogP contribution is -2.40. The van der Waals surface area contributed by atoms with Crippen molar-refractivity contribution in [3.8, 4) is 5.75 Å². The van der Waals surface area contributed by atoms with Crippen LogP contribution in [0.5, 0.6) is 5.75 Å². The van der Waals surface area contributed by atoms with Crippen molar-refractivity contribution in [3.63, 3.8) is 0 Å². The van der Waals surface area contributed by atoms with Gasteiger partial charge in [0.1, 0.15) is 0 Å². The number of nitro groups is 1. The average molecular weight is 377 g/mol. The van der Waals surface area contributed by atoms with Crippen molar-refractivity contribution in [1.29, 1.82) is 0 Å². The van der Waals surface area contributed by atoms with Crippen LogP contribution in [0.3, 0.4) is 0 Å². The number of ether oxygens (including phenoxy) is 1. The zero-order valence-corrected chi connectivity index (χ0v) is 16.6. The molecule has 1 aliphatic carbocycles. The molecule has 1 aromatic rings. The Morgan fingerprint density at radius 1 is 1.22 bits per heavy atom. The number of likely N-dealkylation sites (N-methyl/N-ethyl adjacent to an activating group) is 1. The minimum absolute atomic E-state index is 0.145. The van der Waals surface area contributed by atoms with Crippen molar-refractivity contribution in [2.45, 2.75) is 39.0 Å². The molecule has 0 spiro atoms. The highest BCUT2D eigenvalue weighted by molar-refractivity contribution is 5.95. The Hall–Kier alpha value is -2.15. The summed E-state index contributed by atoms with van der Waals surface area (Å²) in [5, 5.41) is 11.4. The molecule has 0 saturated heterocycles. The summed E-state index contributed by atoms with van der Waals surface area (Å²) >= 11 is 0. The third kappa shape index (κ3) is 6.20. The Morgan fingerprint density at radius 2 is 1.93 bits per heavy atom. The molecule has 1 fully saturated rings. The highest BCUT2D eigenvalue weighted by Gasteiger charge is 2.25. The maximum Gasteiger partial charge on any atom is 0.311 e. The molecule has 0 radical (unpaired) electrons. The zero-order valence-electron chi connectivity index (χ0n) is 16.6. The van der Waals surface area contributed by atoms with Gasteiger partial charge in [-0.1, -0.05) is 19.3 Å². The van der Waals surface area contributed by atoms with E-state index in [1.165, 1.54) is 31.4 Å². The second-order valence-corrected chi connectivity index (χ2v) is 7.43. The highest BCUT2D eigenvalue weighted by Crippen LogP contribution is 2.29. The predicted octanol–water partition coefficient (Wildman–Crippen LogP) is 3.58. The van der Waals surface area contributed by atoms with Gasteiger partial charge in [-0.3, -0.25) is 14.9 Å². The van der Waals surface area contributed by atoms with Gasteiger partial charge in [-0.15, -0.1) is 0 Å². The molecule has 0 aromatic heterocycles. The van der Waals surface area contributed by atoms with Gasteiger partial charge in [0.15, 0.2) is 5.75 Å². The molecule has 0 N–H and O–H groups in total. The Bertz CT molecular complexity index is 642. The lowest BCUT2D eigenvalue weighted by Gasteiger charge is -2.30. The smallest absolute Gasteiger partial charge is 0.311 e. The van der Waals surface area contributed by atoms with E-state index in [0.717, 1.165) is 19.4 Å². The van der Waals surface area contributed by atoms with Crippen LogP contribution in [0.15, 0.2) is 18.2 Å². The quantitative estimate of drug-likeness (QED) is 0.486. The molecule has 1 saturated carbocycles. The molecule has 150 valence electrons. The van der Waals surface area contributed by atoms with Crippen LogP contribution in [0.2, 0.25) is 0 Å². The fourth-order valence-corrected chi connectivity index (χ4v) is 3.53. The monoisotopic (exact) mass is 377 g/mol. The molecule has 2 rings (SSSR count). The van der Waals surface area contributed by atoms with Crippen LogP contribution in [-0.4, -0.2) is 61.0 Å². The standard InChI is InChI=1S/C20H31N3O4/c1-4-27-19-11-10-17(14-18(19)23(25)26)20(24)22(13-12-21(2)3)15-16-8-6-5-7-9-16/h10-11,14,16H,4-9,12-13,15H2,1-3H3. The SMILES string of the molecule is CCOc1ccc(C(=O)N(CCN(C)C)CC2CCCCC2)cc1[N+](=O)[O-]. The predicted molar refractivity (Wildman–Crippen MR) is 105 cm³/mol. The summed E-state index contributed by atoms with van der Waals surface area (Å²) in [6.07, 6.45) is 6.00. The third-order valence-electron chi connectivity index (χ3n) is 5.01. The fourth-order valence-electron chi connectivity index (χ4n) is 3.53.